The van der Waals surface area contributed by atoms with Gasteiger partial charge in [0.25, 0.3) is 0 Å². The third-order valence-electron chi connectivity index (χ3n) is 3.75. The van der Waals surface area contributed by atoms with Crippen LogP contribution >= 0.6 is 15.9 Å². The molecule has 0 aromatic heterocycles. The van der Waals surface area contributed by atoms with E-state index in [0.717, 1.165) is 17.3 Å². The number of nitrogens with zero attached hydrogens (tertiary/aromatic N) is 3. The molecule has 1 fully saturated rings. The number of halogens is 1. The fourth-order valence-corrected chi connectivity index (χ4v) is 4.32. The molecule has 8 heteroatoms. The number of hydrogen-bond acceptors (Lipinski definition) is 5. The second kappa shape index (κ2) is 7.00. The maximum atomic E-state index is 12.4. The second-order valence-electron chi connectivity index (χ2n) is 5.44. The van der Waals surface area contributed by atoms with Gasteiger partial charge in [-0.3, -0.25) is 0 Å². The predicted molar refractivity (Wildman–Crippen MR) is 94.4 cm³/mol. The lowest BCUT2D eigenvalue weighted by Gasteiger charge is -2.15. The van der Waals surface area contributed by atoms with Crippen molar-refractivity contribution in [3.05, 3.63) is 46.9 Å². The molecule has 2 aromatic carbocycles. The number of rotatable bonds is 4. The van der Waals surface area contributed by atoms with Crippen molar-refractivity contribution in [2.45, 2.75) is 17.7 Å². The Kier molecular flexibility index (Phi) is 4.98. The summed E-state index contributed by atoms with van der Waals surface area (Å²) < 4.78 is 27.2. The van der Waals surface area contributed by atoms with Crippen molar-refractivity contribution < 1.29 is 13.5 Å². The third-order valence-corrected chi connectivity index (χ3v) is 6.16. The summed E-state index contributed by atoms with van der Waals surface area (Å²) in [5, 5.41) is 17.8. The minimum absolute atomic E-state index is 0.0233. The first-order valence-electron chi connectivity index (χ1n) is 7.47. The van der Waals surface area contributed by atoms with Crippen molar-refractivity contribution in [3.63, 3.8) is 0 Å². The summed E-state index contributed by atoms with van der Waals surface area (Å²) in [7, 11) is -3.42. The Morgan fingerprint density at radius 1 is 1.00 bits per heavy atom. The Morgan fingerprint density at radius 3 is 2.33 bits per heavy atom. The molecule has 1 aliphatic rings. The van der Waals surface area contributed by atoms with E-state index in [1.54, 1.807) is 24.3 Å². The summed E-state index contributed by atoms with van der Waals surface area (Å²) in [6.45, 7) is 1.15. The smallest absolute Gasteiger partial charge is 0.243 e. The summed E-state index contributed by atoms with van der Waals surface area (Å²) in [6.07, 6.45) is 1.81. The minimum Gasteiger partial charge on any atom is -0.506 e. The van der Waals surface area contributed by atoms with Crippen LogP contribution in [0.1, 0.15) is 12.8 Å². The molecule has 1 N–H and O–H groups in total. The summed E-state index contributed by atoms with van der Waals surface area (Å²) in [5.41, 5.74) is 0.841. The Bertz CT molecular complexity index is 861. The largest absolute Gasteiger partial charge is 0.506 e. The average Bonchev–Trinajstić information content (AvgIpc) is 3.11. The SMILES string of the molecule is O=S(=O)(c1ccc(N=Nc2cc(Br)ccc2O)cc1)N1CCCC1. The zero-order chi connectivity index (χ0) is 17.2. The van der Waals surface area contributed by atoms with Gasteiger partial charge in [0.05, 0.1) is 10.6 Å². The fraction of sp³-hybridized carbons (Fsp3) is 0.250. The van der Waals surface area contributed by atoms with Crippen molar-refractivity contribution in [1.82, 2.24) is 4.31 Å². The maximum Gasteiger partial charge on any atom is 0.243 e. The standard InChI is InChI=1S/C16H16BrN3O3S/c17-12-3-8-16(21)15(11-12)19-18-13-4-6-14(7-5-13)24(22,23)20-9-1-2-10-20/h3-8,11,21H,1-2,9-10H2. The highest BCUT2D eigenvalue weighted by Gasteiger charge is 2.26. The van der Waals surface area contributed by atoms with Crippen molar-refractivity contribution in [3.8, 4) is 5.75 Å². The molecule has 3 rings (SSSR count). The van der Waals surface area contributed by atoms with Gasteiger partial charge in [0.2, 0.25) is 10.0 Å². The van der Waals surface area contributed by atoms with Crippen LogP contribution < -0.4 is 0 Å². The monoisotopic (exact) mass is 409 g/mol. The number of sulfonamides is 1. The van der Waals surface area contributed by atoms with Gasteiger partial charge in [-0.25, -0.2) is 8.42 Å². The van der Waals surface area contributed by atoms with E-state index in [0.29, 0.717) is 24.5 Å². The van der Waals surface area contributed by atoms with Crippen molar-refractivity contribution in [2.24, 2.45) is 10.2 Å². The van der Waals surface area contributed by atoms with Crippen LogP contribution in [0.4, 0.5) is 11.4 Å². The zero-order valence-corrected chi connectivity index (χ0v) is 15.2. The molecule has 0 radical (unpaired) electrons. The molecule has 0 unspecified atom stereocenters. The van der Waals surface area contributed by atoms with E-state index in [1.807, 2.05) is 0 Å². The van der Waals surface area contributed by atoms with Crippen LogP contribution in [-0.4, -0.2) is 30.9 Å². The van der Waals surface area contributed by atoms with Crippen LogP contribution in [0.25, 0.3) is 0 Å². The quantitative estimate of drug-likeness (QED) is 0.761. The van der Waals surface area contributed by atoms with E-state index in [2.05, 4.69) is 26.2 Å². The van der Waals surface area contributed by atoms with E-state index in [9.17, 15) is 13.5 Å². The van der Waals surface area contributed by atoms with Gasteiger partial charge in [0, 0.05) is 17.6 Å². The van der Waals surface area contributed by atoms with Gasteiger partial charge in [-0.1, -0.05) is 15.9 Å². The summed E-state index contributed by atoms with van der Waals surface area (Å²) >= 11 is 3.30. The highest BCUT2D eigenvalue weighted by atomic mass is 79.9. The Labute approximate surface area is 149 Å². The van der Waals surface area contributed by atoms with E-state index in [-0.39, 0.29) is 10.6 Å². The molecule has 0 bridgehead atoms. The van der Waals surface area contributed by atoms with Gasteiger partial charge >= 0.3 is 0 Å². The fourth-order valence-electron chi connectivity index (χ4n) is 2.45. The minimum atomic E-state index is -3.42. The predicted octanol–water partition coefficient (Wildman–Crippen LogP) is 4.35. The van der Waals surface area contributed by atoms with Gasteiger partial charge in [-0.05, 0) is 55.3 Å². The highest BCUT2D eigenvalue weighted by molar-refractivity contribution is 9.10. The second-order valence-corrected chi connectivity index (χ2v) is 8.29. The molecular formula is C16H16BrN3O3S. The molecule has 0 aliphatic carbocycles. The van der Waals surface area contributed by atoms with Gasteiger partial charge in [-0.15, -0.1) is 5.11 Å². The van der Waals surface area contributed by atoms with E-state index in [4.69, 9.17) is 0 Å². The zero-order valence-electron chi connectivity index (χ0n) is 12.8. The maximum absolute atomic E-state index is 12.4. The number of hydrogen-bond donors (Lipinski definition) is 1. The third kappa shape index (κ3) is 3.66. The lowest BCUT2D eigenvalue weighted by molar-refractivity contribution is 0.476. The highest BCUT2D eigenvalue weighted by Crippen LogP contribution is 2.31. The van der Waals surface area contributed by atoms with Crippen LogP contribution in [0, 0.1) is 0 Å². The van der Waals surface area contributed by atoms with Crippen LogP contribution in [0.15, 0.2) is 62.1 Å². The van der Waals surface area contributed by atoms with Gasteiger partial charge in [0.15, 0.2) is 0 Å². The van der Waals surface area contributed by atoms with Crippen molar-refractivity contribution in [1.29, 1.82) is 0 Å². The average molecular weight is 410 g/mol. The molecule has 0 saturated carbocycles. The lowest BCUT2D eigenvalue weighted by atomic mass is 10.3. The molecule has 6 nitrogen and oxygen atoms in total. The topological polar surface area (TPSA) is 82.3 Å². The van der Waals surface area contributed by atoms with E-state index < -0.39 is 10.0 Å². The lowest BCUT2D eigenvalue weighted by Crippen LogP contribution is -2.27. The number of azo groups is 1. The van der Waals surface area contributed by atoms with E-state index >= 15 is 0 Å². The molecule has 24 heavy (non-hydrogen) atoms. The molecule has 126 valence electrons. The van der Waals surface area contributed by atoms with Gasteiger partial charge < -0.3 is 5.11 Å². The summed E-state index contributed by atoms with van der Waals surface area (Å²) in [6, 6.07) is 11.1. The Morgan fingerprint density at radius 2 is 1.67 bits per heavy atom. The number of phenolic OH excluding ortho intramolecular Hbond substituents is 1. The van der Waals surface area contributed by atoms with Crippen LogP contribution in [-0.2, 0) is 10.0 Å². The number of phenols is 1. The van der Waals surface area contributed by atoms with Gasteiger partial charge in [-0.2, -0.15) is 9.42 Å². The normalized spacial score (nSPS) is 16.0. The first-order valence-corrected chi connectivity index (χ1v) is 9.70. The van der Waals surface area contributed by atoms with Crippen LogP contribution in [0.5, 0.6) is 5.75 Å². The molecule has 1 aliphatic heterocycles. The summed E-state index contributed by atoms with van der Waals surface area (Å²) in [4.78, 5) is 0.258. The Hall–Kier alpha value is -1.77. The van der Waals surface area contributed by atoms with Gasteiger partial charge in [0.1, 0.15) is 11.4 Å². The molecule has 0 amide bonds. The number of benzene rings is 2. The van der Waals surface area contributed by atoms with Crippen molar-refractivity contribution >= 4 is 37.3 Å². The molecular weight excluding hydrogens is 394 g/mol. The first kappa shape index (κ1) is 17.1. The van der Waals surface area contributed by atoms with Crippen LogP contribution in [0.2, 0.25) is 0 Å². The summed E-state index contributed by atoms with van der Waals surface area (Å²) in [5.74, 6) is 0.0233. The Balaban J connectivity index is 1.79. The van der Waals surface area contributed by atoms with Crippen molar-refractivity contribution in [2.75, 3.05) is 13.1 Å². The van der Waals surface area contributed by atoms with E-state index in [1.165, 1.54) is 22.5 Å². The van der Waals surface area contributed by atoms with Crippen LogP contribution in [0.3, 0.4) is 0 Å². The molecule has 0 atom stereocenters. The first-order chi connectivity index (χ1) is 11.5. The molecule has 1 saturated heterocycles. The molecule has 2 aromatic rings. The molecule has 1 heterocycles. The molecule has 0 spiro atoms. The number of aromatic hydroxyl groups is 1.